The van der Waals surface area contributed by atoms with Crippen LogP contribution in [0.1, 0.15) is 16.8 Å². The molecule has 0 N–H and O–H groups in total. The van der Waals surface area contributed by atoms with Gasteiger partial charge in [0, 0.05) is 17.0 Å². The van der Waals surface area contributed by atoms with Gasteiger partial charge in [-0.05, 0) is 17.7 Å². The van der Waals surface area contributed by atoms with Crippen molar-refractivity contribution in [1.29, 1.82) is 5.26 Å². The van der Waals surface area contributed by atoms with Crippen LogP contribution < -0.4 is 0 Å². The summed E-state index contributed by atoms with van der Waals surface area (Å²) < 4.78 is 38.3. The van der Waals surface area contributed by atoms with Gasteiger partial charge < -0.3 is 0 Å². The lowest BCUT2D eigenvalue weighted by Crippen LogP contribution is -2.12. The van der Waals surface area contributed by atoms with Crippen LogP contribution >= 0.6 is 23.4 Å². The molecule has 21 heavy (non-hydrogen) atoms. The Kier molecular flexibility index (Phi) is 4.70. The highest BCUT2D eigenvalue weighted by Gasteiger charge is 2.36. The minimum absolute atomic E-state index is 0.0312. The highest BCUT2D eigenvalue weighted by molar-refractivity contribution is 7.98. The van der Waals surface area contributed by atoms with E-state index in [-0.39, 0.29) is 5.16 Å². The summed E-state index contributed by atoms with van der Waals surface area (Å²) >= 11 is 6.80. The molecule has 0 aliphatic rings. The van der Waals surface area contributed by atoms with Crippen molar-refractivity contribution in [1.82, 2.24) is 9.97 Å². The van der Waals surface area contributed by atoms with Crippen molar-refractivity contribution in [2.75, 3.05) is 0 Å². The lowest BCUT2D eigenvalue weighted by Gasteiger charge is -2.08. The summed E-state index contributed by atoms with van der Waals surface area (Å²) in [5.74, 6) is 0.403. The summed E-state index contributed by atoms with van der Waals surface area (Å²) in [5.41, 5.74) is -0.914. The van der Waals surface area contributed by atoms with Crippen molar-refractivity contribution in [2.24, 2.45) is 0 Å². The summed E-state index contributed by atoms with van der Waals surface area (Å²) in [4.78, 5) is 7.19. The second-order valence-corrected chi connectivity index (χ2v) is 5.32. The van der Waals surface area contributed by atoms with Gasteiger partial charge in [0.05, 0.1) is 0 Å². The van der Waals surface area contributed by atoms with Crippen LogP contribution in [0, 0.1) is 11.3 Å². The van der Waals surface area contributed by atoms with E-state index in [1.165, 1.54) is 6.07 Å². The van der Waals surface area contributed by atoms with Gasteiger partial charge in [0.1, 0.15) is 11.6 Å². The number of halogens is 4. The van der Waals surface area contributed by atoms with Crippen molar-refractivity contribution in [3.05, 3.63) is 52.3 Å². The Balaban J connectivity index is 2.18. The molecule has 1 aromatic heterocycles. The summed E-state index contributed by atoms with van der Waals surface area (Å²) in [6.45, 7) is 0. The van der Waals surface area contributed by atoms with Gasteiger partial charge in [0.15, 0.2) is 10.9 Å². The van der Waals surface area contributed by atoms with Gasteiger partial charge in [-0.15, -0.1) is 0 Å². The molecule has 8 heteroatoms. The van der Waals surface area contributed by atoms with Gasteiger partial charge in [-0.25, -0.2) is 9.97 Å². The van der Waals surface area contributed by atoms with Gasteiger partial charge >= 0.3 is 6.18 Å². The molecule has 1 aromatic carbocycles. The molecule has 0 amide bonds. The number of hydrogen-bond donors (Lipinski definition) is 0. The van der Waals surface area contributed by atoms with Crippen molar-refractivity contribution in [3.8, 4) is 6.07 Å². The fraction of sp³-hybridized carbons (Fsp3) is 0.154. The highest BCUT2D eigenvalue weighted by Crippen LogP contribution is 2.31. The molecule has 0 atom stereocenters. The molecule has 0 fully saturated rings. The zero-order chi connectivity index (χ0) is 15.5. The Labute approximate surface area is 127 Å². The Morgan fingerprint density at radius 1 is 1.24 bits per heavy atom. The minimum Gasteiger partial charge on any atom is -0.230 e. The third kappa shape index (κ3) is 4.09. The van der Waals surface area contributed by atoms with E-state index in [2.05, 4.69) is 9.97 Å². The summed E-state index contributed by atoms with van der Waals surface area (Å²) in [6.07, 6.45) is -3.79. The van der Waals surface area contributed by atoms with Gasteiger partial charge in [-0.1, -0.05) is 35.5 Å². The minimum atomic E-state index is -4.68. The molecule has 0 saturated carbocycles. The molecule has 0 radical (unpaired) electrons. The average molecular weight is 330 g/mol. The van der Waals surface area contributed by atoms with Crippen molar-refractivity contribution in [3.63, 3.8) is 0 Å². The van der Waals surface area contributed by atoms with E-state index in [0.29, 0.717) is 10.8 Å². The first kappa shape index (κ1) is 15.6. The lowest BCUT2D eigenvalue weighted by atomic mass is 10.2. The number of nitriles is 1. The van der Waals surface area contributed by atoms with Crippen LogP contribution in [-0.2, 0) is 11.9 Å². The molecule has 3 nitrogen and oxygen atoms in total. The zero-order valence-electron chi connectivity index (χ0n) is 10.4. The zero-order valence-corrected chi connectivity index (χ0v) is 11.9. The molecule has 0 aliphatic heterocycles. The Morgan fingerprint density at radius 3 is 2.48 bits per heavy atom. The maximum absolute atomic E-state index is 12.8. The number of thioether (sulfide) groups is 1. The van der Waals surface area contributed by atoms with Gasteiger partial charge in [-0.2, -0.15) is 18.4 Å². The smallest absolute Gasteiger partial charge is 0.230 e. The van der Waals surface area contributed by atoms with Crippen molar-refractivity contribution in [2.45, 2.75) is 17.1 Å². The fourth-order valence-electron chi connectivity index (χ4n) is 1.46. The Bertz CT molecular complexity index is 681. The topological polar surface area (TPSA) is 49.6 Å². The van der Waals surface area contributed by atoms with E-state index in [9.17, 15) is 13.2 Å². The summed E-state index contributed by atoms with van der Waals surface area (Å²) in [7, 11) is 0. The first-order valence-corrected chi connectivity index (χ1v) is 6.98. The summed E-state index contributed by atoms with van der Waals surface area (Å²) in [5, 5.41) is 9.21. The third-order valence-corrected chi connectivity index (χ3v) is 3.62. The Hall–Kier alpha value is -1.78. The van der Waals surface area contributed by atoms with Crippen molar-refractivity contribution < 1.29 is 13.2 Å². The SMILES string of the molecule is N#Cc1cnc(SCc2ccc(Cl)cc2)nc1C(F)(F)F. The molecular weight excluding hydrogens is 323 g/mol. The van der Waals surface area contributed by atoms with E-state index in [1.807, 2.05) is 0 Å². The van der Waals surface area contributed by atoms with Crippen LogP contribution in [-0.4, -0.2) is 9.97 Å². The van der Waals surface area contributed by atoms with E-state index in [1.54, 1.807) is 24.3 Å². The van der Waals surface area contributed by atoms with Crippen LogP contribution in [0.4, 0.5) is 13.2 Å². The van der Waals surface area contributed by atoms with Crippen LogP contribution in [0.25, 0.3) is 0 Å². The van der Waals surface area contributed by atoms with Crippen LogP contribution in [0.5, 0.6) is 0 Å². The fourth-order valence-corrected chi connectivity index (χ4v) is 2.36. The summed E-state index contributed by atoms with van der Waals surface area (Å²) in [6, 6.07) is 8.36. The number of alkyl halides is 3. The quantitative estimate of drug-likeness (QED) is 0.622. The molecule has 0 saturated heterocycles. The van der Waals surface area contributed by atoms with Crippen LogP contribution in [0.3, 0.4) is 0 Å². The highest BCUT2D eigenvalue weighted by atomic mass is 35.5. The third-order valence-electron chi connectivity index (χ3n) is 2.44. The molecule has 0 aliphatic carbocycles. The predicted molar refractivity (Wildman–Crippen MR) is 72.8 cm³/mol. The van der Waals surface area contributed by atoms with E-state index < -0.39 is 17.4 Å². The van der Waals surface area contributed by atoms with E-state index in [0.717, 1.165) is 23.5 Å². The normalized spacial score (nSPS) is 11.2. The second-order valence-electron chi connectivity index (χ2n) is 3.94. The first-order chi connectivity index (χ1) is 9.90. The molecule has 108 valence electrons. The average Bonchev–Trinajstić information content (AvgIpc) is 2.45. The maximum atomic E-state index is 12.8. The molecule has 1 heterocycles. The number of aromatic nitrogens is 2. The van der Waals surface area contributed by atoms with Gasteiger partial charge in [-0.3, -0.25) is 0 Å². The molecular formula is C13H7ClF3N3S. The number of nitrogens with zero attached hydrogens (tertiary/aromatic N) is 3. The van der Waals surface area contributed by atoms with Gasteiger partial charge in [0.2, 0.25) is 0 Å². The standard InChI is InChI=1S/C13H7ClF3N3S/c14-10-3-1-8(2-4-10)7-21-12-19-6-9(5-18)11(20-12)13(15,16)17/h1-4,6H,7H2. The van der Waals surface area contributed by atoms with Crippen LogP contribution in [0.2, 0.25) is 5.02 Å². The number of hydrogen-bond acceptors (Lipinski definition) is 4. The molecule has 0 bridgehead atoms. The molecule has 2 aromatic rings. The lowest BCUT2D eigenvalue weighted by molar-refractivity contribution is -0.141. The molecule has 2 rings (SSSR count). The monoisotopic (exact) mass is 329 g/mol. The van der Waals surface area contributed by atoms with Crippen molar-refractivity contribution >= 4 is 23.4 Å². The number of rotatable bonds is 3. The predicted octanol–water partition coefficient (Wildman–Crippen LogP) is 4.31. The maximum Gasteiger partial charge on any atom is 0.434 e. The van der Waals surface area contributed by atoms with E-state index >= 15 is 0 Å². The van der Waals surface area contributed by atoms with Crippen LogP contribution in [0.15, 0.2) is 35.6 Å². The molecule has 0 unspecified atom stereocenters. The molecule has 0 spiro atoms. The number of benzene rings is 1. The van der Waals surface area contributed by atoms with E-state index in [4.69, 9.17) is 16.9 Å². The second kappa shape index (κ2) is 6.33. The first-order valence-electron chi connectivity index (χ1n) is 5.61. The van der Waals surface area contributed by atoms with Gasteiger partial charge in [0.25, 0.3) is 0 Å². The Morgan fingerprint density at radius 2 is 1.90 bits per heavy atom. The largest absolute Gasteiger partial charge is 0.434 e.